The SMILES string of the molecule is CCCCCCCCCCCCCCCCCC(=O)OC[C@H](COP(=O)(O)OC[C@@H](O)COP(=O)(O)OC[C@@H](COC(=O)CCCCCCCCC)OC(=O)CCCCCCCCCCC(C)C)OC(=O)CCCCCCCCCCCCCCCCC(C)C. The number of phosphoric acid groups is 2. The first kappa shape index (κ1) is 88.1. The molecule has 0 radical (unpaired) electrons. The van der Waals surface area contributed by atoms with Crippen LogP contribution in [0.25, 0.3) is 0 Å². The lowest BCUT2D eigenvalue weighted by atomic mass is 10.0. The summed E-state index contributed by atoms with van der Waals surface area (Å²) in [6.07, 6.45) is 48.7. The van der Waals surface area contributed by atoms with Crippen LogP contribution in [0.1, 0.15) is 363 Å². The van der Waals surface area contributed by atoms with Crippen LogP contribution < -0.4 is 0 Å². The third kappa shape index (κ3) is 64.8. The molecule has 3 N–H and O–H groups in total. The highest BCUT2D eigenvalue weighted by Gasteiger charge is 2.30. The maximum atomic E-state index is 13.0. The van der Waals surface area contributed by atoms with Crippen LogP contribution in [0.3, 0.4) is 0 Å². The number of aliphatic hydroxyl groups is 1. The van der Waals surface area contributed by atoms with Crippen LogP contribution in [0.15, 0.2) is 0 Å². The molecule has 0 saturated carbocycles. The number of rotatable bonds is 70. The summed E-state index contributed by atoms with van der Waals surface area (Å²) in [5.41, 5.74) is 0. The first-order valence-electron chi connectivity index (χ1n) is 37.0. The van der Waals surface area contributed by atoms with Crippen molar-refractivity contribution in [3.05, 3.63) is 0 Å². The molecule has 0 aliphatic heterocycles. The molecule has 0 aliphatic rings. The van der Waals surface area contributed by atoms with Gasteiger partial charge in [-0.3, -0.25) is 37.3 Å². The van der Waals surface area contributed by atoms with Crippen LogP contribution in [-0.2, 0) is 65.4 Å². The van der Waals surface area contributed by atoms with Crippen LogP contribution in [0, 0.1) is 11.8 Å². The van der Waals surface area contributed by atoms with Crippen molar-refractivity contribution in [1.29, 1.82) is 0 Å². The molecule has 17 nitrogen and oxygen atoms in total. The summed E-state index contributed by atoms with van der Waals surface area (Å²) in [4.78, 5) is 72.4. The van der Waals surface area contributed by atoms with E-state index in [1.807, 2.05) is 0 Å². The molecular formula is C71H138O17P2. The van der Waals surface area contributed by atoms with Crippen molar-refractivity contribution in [1.82, 2.24) is 0 Å². The van der Waals surface area contributed by atoms with Crippen molar-refractivity contribution in [3.63, 3.8) is 0 Å². The minimum atomic E-state index is -4.95. The molecule has 5 atom stereocenters. The van der Waals surface area contributed by atoms with Crippen molar-refractivity contribution in [2.24, 2.45) is 11.8 Å². The second-order valence-electron chi connectivity index (χ2n) is 26.6. The van der Waals surface area contributed by atoms with Gasteiger partial charge in [0.1, 0.15) is 19.3 Å². The number of esters is 4. The average Bonchev–Trinajstić information content (AvgIpc) is 3.00. The normalized spacial score (nSPS) is 14.1. The second kappa shape index (κ2) is 63.1. The first-order chi connectivity index (χ1) is 43.4. The van der Waals surface area contributed by atoms with Crippen molar-refractivity contribution < 1.29 is 80.2 Å². The zero-order valence-electron chi connectivity index (χ0n) is 58.4. The number of ether oxygens (including phenoxy) is 4. The van der Waals surface area contributed by atoms with E-state index in [4.69, 9.17) is 37.0 Å². The maximum absolute atomic E-state index is 13.0. The van der Waals surface area contributed by atoms with E-state index in [0.29, 0.717) is 25.7 Å². The minimum Gasteiger partial charge on any atom is -0.462 e. The van der Waals surface area contributed by atoms with Gasteiger partial charge in [0, 0.05) is 25.7 Å². The minimum absolute atomic E-state index is 0.104. The predicted octanol–water partition coefficient (Wildman–Crippen LogP) is 20.4. The highest BCUT2D eigenvalue weighted by Crippen LogP contribution is 2.45. The van der Waals surface area contributed by atoms with Gasteiger partial charge in [-0.15, -0.1) is 0 Å². The number of carbonyl (C=O) groups is 4. The van der Waals surface area contributed by atoms with Gasteiger partial charge >= 0.3 is 39.5 Å². The zero-order chi connectivity index (χ0) is 66.5. The molecule has 0 aliphatic carbocycles. The second-order valence-corrected chi connectivity index (χ2v) is 29.5. The molecule has 0 bridgehead atoms. The molecule has 2 unspecified atom stereocenters. The van der Waals surface area contributed by atoms with E-state index in [2.05, 4.69) is 41.5 Å². The van der Waals surface area contributed by atoms with Crippen molar-refractivity contribution in [2.75, 3.05) is 39.6 Å². The fourth-order valence-electron chi connectivity index (χ4n) is 10.8. The Morgan fingerprint density at radius 3 is 0.756 bits per heavy atom. The Kier molecular flexibility index (Phi) is 61.8. The van der Waals surface area contributed by atoms with Crippen LogP contribution >= 0.6 is 15.6 Å². The van der Waals surface area contributed by atoms with E-state index in [-0.39, 0.29) is 25.7 Å². The van der Waals surface area contributed by atoms with Crippen LogP contribution in [-0.4, -0.2) is 96.7 Å². The van der Waals surface area contributed by atoms with Gasteiger partial charge in [0.15, 0.2) is 12.2 Å². The highest BCUT2D eigenvalue weighted by atomic mass is 31.2. The molecule has 534 valence electrons. The van der Waals surface area contributed by atoms with Gasteiger partial charge in [0.25, 0.3) is 0 Å². The van der Waals surface area contributed by atoms with Crippen molar-refractivity contribution in [2.45, 2.75) is 381 Å². The van der Waals surface area contributed by atoms with Crippen molar-refractivity contribution in [3.8, 4) is 0 Å². The Hall–Kier alpha value is -1.94. The number of aliphatic hydroxyl groups excluding tert-OH is 1. The lowest BCUT2D eigenvalue weighted by Crippen LogP contribution is -2.30. The summed E-state index contributed by atoms with van der Waals surface area (Å²) < 4.78 is 68.2. The zero-order valence-corrected chi connectivity index (χ0v) is 60.2. The summed E-state index contributed by atoms with van der Waals surface area (Å²) in [5.74, 6) is -0.614. The predicted molar refractivity (Wildman–Crippen MR) is 363 cm³/mol. The van der Waals surface area contributed by atoms with E-state index in [1.165, 1.54) is 167 Å². The topological polar surface area (TPSA) is 237 Å². The average molecular weight is 1330 g/mol. The smallest absolute Gasteiger partial charge is 0.462 e. The summed E-state index contributed by atoms with van der Waals surface area (Å²) in [6, 6.07) is 0. The van der Waals surface area contributed by atoms with Crippen LogP contribution in [0.5, 0.6) is 0 Å². The van der Waals surface area contributed by atoms with Gasteiger partial charge in [-0.2, -0.15) is 0 Å². The Bertz CT molecular complexity index is 1750. The van der Waals surface area contributed by atoms with E-state index >= 15 is 0 Å². The van der Waals surface area contributed by atoms with E-state index in [0.717, 1.165) is 115 Å². The van der Waals surface area contributed by atoms with Gasteiger partial charge in [-0.25, -0.2) is 9.13 Å². The van der Waals surface area contributed by atoms with E-state index in [9.17, 15) is 43.2 Å². The molecule has 0 rings (SSSR count). The summed E-state index contributed by atoms with van der Waals surface area (Å²) in [7, 11) is -9.90. The standard InChI is InChI=1S/C71H138O17P2/c1-7-9-11-13-15-16-17-18-19-23-26-29-36-42-48-54-69(74)82-60-67(87-70(75)55-49-43-37-30-27-24-21-20-22-25-28-34-39-45-51-63(3)4)62-86-90(79,80)84-58-65(72)57-83-89(77,78)85-61-66(59-81-68(73)53-47-41-33-14-12-10-8-2)88-71(76)56-50-44-38-32-31-35-40-46-52-64(5)6/h63-67,72H,7-62H2,1-6H3,(H,77,78)(H,79,80)/t65-,66+,67+/m0/s1. The van der Waals surface area contributed by atoms with E-state index in [1.54, 1.807) is 0 Å². The molecule has 0 aromatic carbocycles. The van der Waals surface area contributed by atoms with E-state index < -0.39 is 97.5 Å². The number of unbranched alkanes of at least 4 members (excludes halogenated alkanes) is 40. The van der Waals surface area contributed by atoms with Gasteiger partial charge in [0.2, 0.25) is 0 Å². The third-order valence-electron chi connectivity index (χ3n) is 16.5. The Morgan fingerprint density at radius 1 is 0.300 bits per heavy atom. The maximum Gasteiger partial charge on any atom is 0.472 e. The summed E-state index contributed by atoms with van der Waals surface area (Å²) in [6.45, 7) is 9.50. The number of hydrogen-bond acceptors (Lipinski definition) is 15. The van der Waals surface area contributed by atoms with Crippen LogP contribution in [0.4, 0.5) is 0 Å². The molecule has 0 amide bonds. The third-order valence-corrected chi connectivity index (χ3v) is 18.4. The summed E-state index contributed by atoms with van der Waals surface area (Å²) >= 11 is 0. The monoisotopic (exact) mass is 1320 g/mol. The number of phosphoric ester groups is 2. The fourth-order valence-corrected chi connectivity index (χ4v) is 12.3. The quantitative estimate of drug-likeness (QED) is 0.0222. The molecule has 0 fully saturated rings. The molecule has 0 heterocycles. The van der Waals surface area contributed by atoms with Crippen LogP contribution in [0.2, 0.25) is 0 Å². The van der Waals surface area contributed by atoms with Gasteiger partial charge in [0.05, 0.1) is 26.4 Å². The van der Waals surface area contributed by atoms with Gasteiger partial charge in [-0.05, 0) is 37.5 Å². The molecular weight excluding hydrogens is 1190 g/mol. The van der Waals surface area contributed by atoms with Gasteiger partial charge < -0.3 is 33.8 Å². The Labute approximate surface area is 549 Å². The molecule has 90 heavy (non-hydrogen) atoms. The van der Waals surface area contributed by atoms with Crippen molar-refractivity contribution >= 4 is 39.5 Å². The molecule has 19 heteroatoms. The Morgan fingerprint density at radius 2 is 0.511 bits per heavy atom. The first-order valence-corrected chi connectivity index (χ1v) is 40.0. The number of carbonyl (C=O) groups excluding carboxylic acids is 4. The molecule has 0 spiro atoms. The summed E-state index contributed by atoms with van der Waals surface area (Å²) in [5, 5.41) is 10.6. The fraction of sp³-hybridized carbons (Fsp3) is 0.944. The Balaban J connectivity index is 5.20. The highest BCUT2D eigenvalue weighted by molar-refractivity contribution is 7.47. The lowest BCUT2D eigenvalue weighted by molar-refractivity contribution is -0.161. The van der Waals surface area contributed by atoms with Gasteiger partial charge in [-0.1, -0.05) is 311 Å². The molecule has 0 aromatic rings. The number of hydrogen-bond donors (Lipinski definition) is 3. The molecule has 0 saturated heterocycles. The largest absolute Gasteiger partial charge is 0.472 e. The lowest BCUT2D eigenvalue weighted by Gasteiger charge is -2.21. The molecule has 0 aromatic heterocycles.